The van der Waals surface area contributed by atoms with Crippen molar-refractivity contribution in [3.63, 3.8) is 0 Å². The van der Waals surface area contributed by atoms with Crippen molar-refractivity contribution in [2.45, 2.75) is 19.4 Å². The van der Waals surface area contributed by atoms with Crippen molar-refractivity contribution in [3.8, 4) is 0 Å². The summed E-state index contributed by atoms with van der Waals surface area (Å²) in [5.74, 6) is -0.905. The van der Waals surface area contributed by atoms with E-state index in [-0.39, 0.29) is 18.1 Å². The van der Waals surface area contributed by atoms with Crippen LogP contribution in [0.5, 0.6) is 0 Å². The van der Waals surface area contributed by atoms with E-state index in [1.807, 2.05) is 0 Å². The smallest absolute Gasteiger partial charge is 0.343 e. The number of carbonyl (C=O) groups is 1. The van der Waals surface area contributed by atoms with E-state index in [1.165, 1.54) is 0 Å². The molecule has 1 amide bonds. The highest BCUT2D eigenvalue weighted by Gasteiger charge is 2.16. The van der Waals surface area contributed by atoms with Gasteiger partial charge in [-0.3, -0.25) is 4.79 Å². The van der Waals surface area contributed by atoms with Crippen LogP contribution in [0.2, 0.25) is 0 Å². The Labute approximate surface area is 90.8 Å². The fraction of sp³-hybridized carbons (Fsp3) is 0.500. The van der Waals surface area contributed by atoms with Crippen LogP contribution in [-0.4, -0.2) is 38.8 Å². The topological polar surface area (TPSA) is 121 Å². The van der Waals surface area contributed by atoms with E-state index in [2.05, 4.69) is 15.5 Å². The number of H-pyrrole nitrogens is 1. The van der Waals surface area contributed by atoms with Gasteiger partial charge in [-0.15, -0.1) is 5.10 Å². The minimum atomic E-state index is -0.676. The molecule has 0 saturated carbocycles. The number of aliphatic hydroxyl groups excluding tert-OH is 1. The van der Waals surface area contributed by atoms with Gasteiger partial charge >= 0.3 is 5.82 Å². The van der Waals surface area contributed by atoms with Crippen molar-refractivity contribution in [2.75, 3.05) is 6.54 Å². The monoisotopic (exact) mass is 228 g/mol. The Hall–Kier alpha value is -1.96. The summed E-state index contributed by atoms with van der Waals surface area (Å²) in [6, 6.07) is 1.04. The van der Waals surface area contributed by atoms with E-state index in [0.29, 0.717) is 6.42 Å². The Morgan fingerprint density at radius 2 is 2.50 bits per heavy atom. The molecule has 0 aliphatic heterocycles. The van der Waals surface area contributed by atoms with E-state index < -0.39 is 16.9 Å². The molecule has 3 N–H and O–H groups in total. The molecule has 1 unspecified atom stereocenters. The third kappa shape index (κ3) is 3.02. The maximum atomic E-state index is 11.4. The van der Waals surface area contributed by atoms with Gasteiger partial charge in [0.2, 0.25) is 0 Å². The van der Waals surface area contributed by atoms with Gasteiger partial charge in [-0.05, 0) is 11.3 Å². The predicted octanol–water partition coefficient (Wildman–Crippen LogP) is -0.181. The molecule has 0 aliphatic carbocycles. The molecule has 1 heterocycles. The largest absolute Gasteiger partial charge is 0.391 e. The number of rotatable bonds is 5. The summed E-state index contributed by atoms with van der Waals surface area (Å²) in [7, 11) is 0. The summed E-state index contributed by atoms with van der Waals surface area (Å²) >= 11 is 0. The highest BCUT2D eigenvalue weighted by molar-refractivity contribution is 5.92. The summed E-state index contributed by atoms with van der Waals surface area (Å²) < 4.78 is 0. The van der Waals surface area contributed by atoms with Gasteiger partial charge in [0.15, 0.2) is 5.69 Å². The Morgan fingerprint density at radius 1 is 1.81 bits per heavy atom. The molecule has 0 spiro atoms. The Balaban J connectivity index is 2.56. The van der Waals surface area contributed by atoms with Crippen LogP contribution in [0.3, 0.4) is 0 Å². The third-order valence-corrected chi connectivity index (χ3v) is 1.96. The van der Waals surface area contributed by atoms with Crippen LogP contribution in [0.4, 0.5) is 5.82 Å². The first-order chi connectivity index (χ1) is 7.54. The molecule has 88 valence electrons. The molecule has 0 saturated heterocycles. The van der Waals surface area contributed by atoms with Gasteiger partial charge < -0.3 is 20.5 Å². The molecule has 0 radical (unpaired) electrons. The SMILES string of the molecule is CCC(O)CNC(=O)c1cc([N+](=O)[O-])[nH]n1. The zero-order valence-corrected chi connectivity index (χ0v) is 8.64. The first-order valence-electron chi connectivity index (χ1n) is 4.70. The molecule has 8 heteroatoms. The van der Waals surface area contributed by atoms with Crippen molar-refractivity contribution in [2.24, 2.45) is 0 Å². The van der Waals surface area contributed by atoms with Gasteiger partial charge in [0.25, 0.3) is 5.91 Å². The number of amides is 1. The first kappa shape index (κ1) is 12.1. The molecule has 1 aromatic heterocycles. The highest BCUT2D eigenvalue weighted by atomic mass is 16.6. The van der Waals surface area contributed by atoms with Crippen LogP contribution in [0.15, 0.2) is 6.07 Å². The van der Waals surface area contributed by atoms with E-state index >= 15 is 0 Å². The summed E-state index contributed by atoms with van der Waals surface area (Å²) in [4.78, 5) is 21.0. The van der Waals surface area contributed by atoms with Gasteiger partial charge in [-0.2, -0.15) is 0 Å². The number of aliphatic hydroxyl groups is 1. The number of nitro groups is 1. The zero-order chi connectivity index (χ0) is 12.1. The molecular formula is C8H12N4O4. The van der Waals surface area contributed by atoms with Crippen molar-refractivity contribution < 1.29 is 14.8 Å². The predicted molar refractivity (Wildman–Crippen MR) is 53.9 cm³/mol. The van der Waals surface area contributed by atoms with Crippen LogP contribution >= 0.6 is 0 Å². The lowest BCUT2D eigenvalue weighted by molar-refractivity contribution is -0.389. The minimum absolute atomic E-state index is 0.0741. The second-order valence-corrected chi connectivity index (χ2v) is 3.17. The van der Waals surface area contributed by atoms with Gasteiger partial charge in [0.05, 0.1) is 12.2 Å². The van der Waals surface area contributed by atoms with E-state index in [9.17, 15) is 20.0 Å². The van der Waals surface area contributed by atoms with Crippen molar-refractivity contribution in [1.29, 1.82) is 0 Å². The fourth-order valence-corrected chi connectivity index (χ4v) is 0.967. The van der Waals surface area contributed by atoms with Gasteiger partial charge in [-0.1, -0.05) is 12.0 Å². The average molecular weight is 228 g/mol. The molecule has 16 heavy (non-hydrogen) atoms. The number of carbonyl (C=O) groups excluding carboxylic acids is 1. The van der Waals surface area contributed by atoms with Gasteiger partial charge in [0.1, 0.15) is 0 Å². The average Bonchev–Trinajstić information content (AvgIpc) is 2.74. The van der Waals surface area contributed by atoms with Crippen molar-refractivity contribution in [1.82, 2.24) is 15.5 Å². The number of hydrogen-bond acceptors (Lipinski definition) is 5. The summed E-state index contributed by atoms with van der Waals surface area (Å²) in [6.07, 6.45) is -0.112. The molecule has 1 atom stereocenters. The molecule has 1 aromatic rings. The van der Waals surface area contributed by atoms with Crippen LogP contribution in [0.1, 0.15) is 23.8 Å². The van der Waals surface area contributed by atoms with Gasteiger partial charge in [-0.25, -0.2) is 0 Å². The Kier molecular flexibility index (Phi) is 3.95. The lowest BCUT2D eigenvalue weighted by atomic mass is 10.3. The van der Waals surface area contributed by atoms with Crippen LogP contribution in [-0.2, 0) is 0 Å². The standard InChI is InChI=1S/C8H12N4O4/c1-2-5(13)4-9-8(14)6-3-7(11-10-6)12(15)16/h3,5,13H,2,4H2,1H3,(H,9,14)(H,10,11). The van der Waals surface area contributed by atoms with Crippen LogP contribution in [0.25, 0.3) is 0 Å². The number of nitrogens with one attached hydrogen (secondary N) is 2. The van der Waals surface area contributed by atoms with E-state index in [1.54, 1.807) is 6.92 Å². The third-order valence-electron chi connectivity index (χ3n) is 1.96. The Morgan fingerprint density at radius 3 is 3.00 bits per heavy atom. The lowest BCUT2D eigenvalue weighted by Crippen LogP contribution is -2.31. The number of nitrogens with zero attached hydrogens (tertiary/aromatic N) is 2. The lowest BCUT2D eigenvalue weighted by Gasteiger charge is -2.07. The van der Waals surface area contributed by atoms with Crippen molar-refractivity contribution in [3.05, 3.63) is 21.9 Å². The number of aromatic amines is 1. The van der Waals surface area contributed by atoms with Crippen LogP contribution in [0, 0.1) is 10.1 Å². The molecule has 0 fully saturated rings. The summed E-state index contributed by atoms with van der Waals surface area (Å²) in [6.45, 7) is 1.87. The fourth-order valence-electron chi connectivity index (χ4n) is 0.967. The molecule has 0 aromatic carbocycles. The highest BCUT2D eigenvalue weighted by Crippen LogP contribution is 2.07. The quantitative estimate of drug-likeness (QED) is 0.476. The van der Waals surface area contributed by atoms with E-state index in [4.69, 9.17) is 0 Å². The summed E-state index contributed by atoms with van der Waals surface area (Å²) in [5, 5.41) is 27.5. The van der Waals surface area contributed by atoms with Crippen molar-refractivity contribution >= 4 is 11.7 Å². The molecule has 8 nitrogen and oxygen atoms in total. The minimum Gasteiger partial charge on any atom is -0.391 e. The molecule has 0 aliphatic rings. The molecule has 0 bridgehead atoms. The number of aromatic nitrogens is 2. The maximum Gasteiger partial charge on any atom is 0.343 e. The number of hydrogen-bond donors (Lipinski definition) is 3. The normalized spacial score (nSPS) is 12.1. The Bertz CT molecular complexity index is 389. The second kappa shape index (κ2) is 5.21. The summed E-state index contributed by atoms with van der Waals surface area (Å²) in [5.41, 5.74) is -0.0741. The van der Waals surface area contributed by atoms with Gasteiger partial charge in [0, 0.05) is 6.54 Å². The van der Waals surface area contributed by atoms with E-state index in [0.717, 1.165) is 6.07 Å². The first-order valence-corrected chi connectivity index (χ1v) is 4.70. The van der Waals surface area contributed by atoms with Crippen LogP contribution < -0.4 is 5.32 Å². The maximum absolute atomic E-state index is 11.4. The second-order valence-electron chi connectivity index (χ2n) is 3.17. The zero-order valence-electron chi connectivity index (χ0n) is 8.64. The molecular weight excluding hydrogens is 216 g/mol. The molecule has 1 rings (SSSR count).